The normalized spacial score (nSPS) is 9.12. The lowest BCUT2D eigenvalue weighted by Gasteiger charge is -2.05. The van der Waals surface area contributed by atoms with Crippen molar-refractivity contribution in [1.29, 1.82) is 0 Å². The van der Waals surface area contributed by atoms with Crippen LogP contribution in [0.4, 0.5) is 0 Å². The molecule has 0 fully saturated rings. The van der Waals surface area contributed by atoms with E-state index < -0.39 is 5.97 Å². The van der Waals surface area contributed by atoms with Crippen LogP contribution in [0, 0.1) is 11.8 Å². The summed E-state index contributed by atoms with van der Waals surface area (Å²) in [7, 11) is 2.86. The maximum atomic E-state index is 11.3. The largest absolute Gasteiger partial charge is 0.495 e. The lowest BCUT2D eigenvalue weighted by Crippen LogP contribution is -2.02. The first kappa shape index (κ1) is 13.1. The van der Waals surface area contributed by atoms with Crippen LogP contribution in [0.1, 0.15) is 22.3 Å². The Bertz CT molecular complexity index is 454. The van der Waals surface area contributed by atoms with Crippen LogP contribution in [0.3, 0.4) is 0 Å². The predicted octanol–water partition coefficient (Wildman–Crippen LogP) is 1.22. The van der Waals surface area contributed by atoms with Crippen LogP contribution in [0.5, 0.6) is 5.75 Å². The highest BCUT2D eigenvalue weighted by atomic mass is 16.5. The smallest absolute Gasteiger partial charge is 0.337 e. The molecule has 0 bridgehead atoms. The number of carbonyl (C=O) groups excluding carboxylic acids is 1. The Morgan fingerprint density at radius 3 is 2.76 bits per heavy atom. The zero-order valence-corrected chi connectivity index (χ0v) is 9.82. The van der Waals surface area contributed by atoms with Crippen LogP contribution >= 0.6 is 0 Å². The quantitative estimate of drug-likeness (QED) is 0.631. The van der Waals surface area contributed by atoms with Crippen molar-refractivity contribution in [2.75, 3.05) is 20.8 Å². The van der Waals surface area contributed by atoms with E-state index in [2.05, 4.69) is 16.6 Å². The van der Waals surface area contributed by atoms with Gasteiger partial charge in [-0.25, -0.2) is 4.79 Å². The second-order valence-corrected chi connectivity index (χ2v) is 3.18. The zero-order chi connectivity index (χ0) is 12.7. The molecule has 0 aliphatic heterocycles. The standard InChI is InChI=1S/C13H14O4/c1-16-12-7-6-11(13(15)17-2)9-10(12)5-3-4-8-14/h6-7,9,14H,4,8H2,1-2H3. The molecular weight excluding hydrogens is 220 g/mol. The highest BCUT2D eigenvalue weighted by Crippen LogP contribution is 2.19. The summed E-state index contributed by atoms with van der Waals surface area (Å²) in [5.74, 6) is 5.79. The van der Waals surface area contributed by atoms with Gasteiger partial charge in [0.1, 0.15) is 5.75 Å². The molecule has 1 aromatic carbocycles. The zero-order valence-electron chi connectivity index (χ0n) is 9.82. The summed E-state index contributed by atoms with van der Waals surface area (Å²) in [6.45, 7) is 0.00596. The number of esters is 1. The van der Waals surface area contributed by atoms with Gasteiger partial charge in [-0.1, -0.05) is 11.8 Å². The van der Waals surface area contributed by atoms with Crippen LogP contribution in [-0.4, -0.2) is 31.9 Å². The Hall–Kier alpha value is -1.99. The third kappa shape index (κ3) is 3.51. The average Bonchev–Trinajstić information content (AvgIpc) is 2.38. The highest BCUT2D eigenvalue weighted by molar-refractivity contribution is 5.90. The number of benzene rings is 1. The van der Waals surface area contributed by atoms with Crippen molar-refractivity contribution in [2.45, 2.75) is 6.42 Å². The van der Waals surface area contributed by atoms with E-state index >= 15 is 0 Å². The molecule has 0 aliphatic carbocycles. The SMILES string of the molecule is COC(=O)c1ccc(OC)c(C#CCCO)c1. The van der Waals surface area contributed by atoms with Crippen molar-refractivity contribution in [3.05, 3.63) is 29.3 Å². The van der Waals surface area contributed by atoms with Gasteiger partial charge < -0.3 is 14.6 Å². The molecule has 0 spiro atoms. The van der Waals surface area contributed by atoms with Gasteiger partial charge >= 0.3 is 5.97 Å². The molecule has 0 saturated heterocycles. The first-order valence-corrected chi connectivity index (χ1v) is 5.09. The monoisotopic (exact) mass is 234 g/mol. The number of aliphatic hydroxyl groups excluding tert-OH is 1. The third-order valence-electron chi connectivity index (χ3n) is 2.08. The summed E-state index contributed by atoms with van der Waals surface area (Å²) >= 11 is 0. The fraction of sp³-hybridized carbons (Fsp3) is 0.308. The lowest BCUT2D eigenvalue weighted by atomic mass is 10.1. The van der Waals surface area contributed by atoms with Crippen molar-refractivity contribution in [1.82, 2.24) is 0 Å². The van der Waals surface area contributed by atoms with Crippen molar-refractivity contribution < 1.29 is 19.4 Å². The van der Waals surface area contributed by atoms with E-state index in [1.807, 2.05) is 0 Å². The van der Waals surface area contributed by atoms with Gasteiger partial charge in [-0.3, -0.25) is 0 Å². The number of carbonyl (C=O) groups is 1. The summed E-state index contributed by atoms with van der Waals surface area (Å²) in [6.07, 6.45) is 0.381. The Labute approximate surface area is 100 Å². The maximum Gasteiger partial charge on any atom is 0.337 e. The third-order valence-corrected chi connectivity index (χ3v) is 2.08. The second-order valence-electron chi connectivity index (χ2n) is 3.18. The van der Waals surface area contributed by atoms with Gasteiger partial charge in [0, 0.05) is 6.42 Å². The van der Waals surface area contributed by atoms with E-state index in [4.69, 9.17) is 9.84 Å². The van der Waals surface area contributed by atoms with Crippen LogP contribution in [0.25, 0.3) is 0 Å². The first-order chi connectivity index (χ1) is 8.22. The molecule has 4 heteroatoms. The number of rotatable bonds is 3. The maximum absolute atomic E-state index is 11.3. The number of ether oxygens (including phenoxy) is 2. The van der Waals surface area contributed by atoms with E-state index in [9.17, 15) is 4.79 Å². The molecule has 17 heavy (non-hydrogen) atoms. The number of hydrogen-bond donors (Lipinski definition) is 1. The highest BCUT2D eigenvalue weighted by Gasteiger charge is 2.08. The van der Waals surface area contributed by atoms with Crippen LogP contribution in [0.2, 0.25) is 0 Å². The summed E-state index contributed by atoms with van der Waals surface area (Å²) in [5, 5.41) is 8.64. The average molecular weight is 234 g/mol. The van der Waals surface area contributed by atoms with Gasteiger partial charge in [0.25, 0.3) is 0 Å². The van der Waals surface area contributed by atoms with Gasteiger partial charge in [0.2, 0.25) is 0 Å². The Morgan fingerprint density at radius 2 is 2.18 bits per heavy atom. The lowest BCUT2D eigenvalue weighted by molar-refractivity contribution is 0.0600. The molecule has 90 valence electrons. The molecule has 0 unspecified atom stereocenters. The van der Waals surface area contributed by atoms with Crippen LogP contribution in [-0.2, 0) is 4.74 Å². The van der Waals surface area contributed by atoms with Gasteiger partial charge in [0.05, 0.1) is 32.0 Å². The minimum atomic E-state index is -0.419. The molecule has 0 saturated carbocycles. The van der Waals surface area contributed by atoms with Gasteiger partial charge in [-0.05, 0) is 18.2 Å². The Balaban J connectivity index is 3.07. The Morgan fingerprint density at radius 1 is 1.41 bits per heavy atom. The summed E-state index contributed by atoms with van der Waals surface area (Å²) in [6, 6.07) is 4.88. The Kier molecular flexibility index (Phi) is 5.05. The van der Waals surface area contributed by atoms with Crippen molar-refractivity contribution >= 4 is 5.97 Å². The molecule has 1 N–H and O–H groups in total. The summed E-state index contributed by atoms with van der Waals surface area (Å²) in [5.41, 5.74) is 1.02. The van der Waals surface area contributed by atoms with Crippen molar-refractivity contribution in [3.63, 3.8) is 0 Å². The number of hydrogen-bond acceptors (Lipinski definition) is 4. The van der Waals surface area contributed by atoms with E-state index in [0.29, 0.717) is 23.3 Å². The summed E-state index contributed by atoms with van der Waals surface area (Å²) < 4.78 is 9.75. The molecule has 0 aliphatic rings. The number of aliphatic hydroxyl groups is 1. The molecule has 0 aromatic heterocycles. The van der Waals surface area contributed by atoms with Crippen LogP contribution in [0.15, 0.2) is 18.2 Å². The molecule has 0 heterocycles. The molecule has 0 atom stereocenters. The van der Waals surface area contributed by atoms with Crippen molar-refractivity contribution in [2.24, 2.45) is 0 Å². The molecule has 1 aromatic rings. The van der Waals surface area contributed by atoms with E-state index in [1.165, 1.54) is 14.2 Å². The molecule has 4 nitrogen and oxygen atoms in total. The van der Waals surface area contributed by atoms with E-state index in [-0.39, 0.29) is 6.61 Å². The van der Waals surface area contributed by atoms with Gasteiger partial charge in [0.15, 0.2) is 0 Å². The predicted molar refractivity (Wildman–Crippen MR) is 62.9 cm³/mol. The topological polar surface area (TPSA) is 55.8 Å². The fourth-order valence-corrected chi connectivity index (χ4v) is 1.26. The molecule has 0 amide bonds. The minimum Gasteiger partial charge on any atom is -0.495 e. The minimum absolute atomic E-state index is 0.00596. The second kappa shape index (κ2) is 6.56. The van der Waals surface area contributed by atoms with Gasteiger partial charge in [-0.2, -0.15) is 0 Å². The fourth-order valence-electron chi connectivity index (χ4n) is 1.26. The number of methoxy groups -OCH3 is 2. The first-order valence-electron chi connectivity index (χ1n) is 5.09. The van der Waals surface area contributed by atoms with E-state index in [0.717, 1.165) is 0 Å². The molecular formula is C13H14O4. The van der Waals surface area contributed by atoms with Crippen molar-refractivity contribution in [3.8, 4) is 17.6 Å². The van der Waals surface area contributed by atoms with Gasteiger partial charge in [-0.15, -0.1) is 0 Å². The van der Waals surface area contributed by atoms with Crippen LogP contribution < -0.4 is 4.74 Å². The molecule has 1 rings (SSSR count). The van der Waals surface area contributed by atoms with E-state index in [1.54, 1.807) is 18.2 Å². The molecule has 0 radical (unpaired) electrons. The summed E-state index contributed by atoms with van der Waals surface area (Å²) in [4.78, 5) is 11.3.